The van der Waals surface area contributed by atoms with Crippen LogP contribution in [0.3, 0.4) is 0 Å². The lowest BCUT2D eigenvalue weighted by Crippen LogP contribution is -2.12. The van der Waals surface area contributed by atoms with Gasteiger partial charge in [0.05, 0.1) is 0 Å². The lowest BCUT2D eigenvalue weighted by Gasteiger charge is -2.11. The van der Waals surface area contributed by atoms with Crippen LogP contribution in [0.2, 0.25) is 0 Å². The fourth-order valence-electron chi connectivity index (χ4n) is 0.896. The van der Waals surface area contributed by atoms with E-state index in [0.29, 0.717) is 0 Å². The second-order valence-corrected chi connectivity index (χ2v) is 2.76. The Bertz CT molecular complexity index is 159. The number of ether oxygens (including phenoxy) is 1. The highest BCUT2D eigenvalue weighted by Crippen LogP contribution is 2.06. The Labute approximate surface area is 68.2 Å². The monoisotopic (exact) mass is 156 g/mol. The molecule has 0 saturated heterocycles. The first-order valence-corrected chi connectivity index (χ1v) is 3.85. The number of rotatable bonds is 3. The van der Waals surface area contributed by atoms with E-state index in [-0.39, 0.29) is 12.1 Å². The van der Waals surface area contributed by atoms with Crippen LogP contribution in [-0.2, 0) is 9.53 Å². The molecule has 0 aromatic carbocycles. The number of carbonyl (C=O) groups excluding carboxylic acids is 1. The van der Waals surface area contributed by atoms with Gasteiger partial charge in [-0.1, -0.05) is 11.6 Å². The Morgan fingerprint density at radius 3 is 2.45 bits per heavy atom. The maximum Gasteiger partial charge on any atom is 0.302 e. The van der Waals surface area contributed by atoms with Gasteiger partial charge in [-0.15, -0.1) is 0 Å². The third kappa shape index (κ3) is 5.64. The molecule has 0 aliphatic rings. The minimum atomic E-state index is -0.207. The summed E-state index contributed by atoms with van der Waals surface area (Å²) >= 11 is 0. The zero-order valence-corrected chi connectivity index (χ0v) is 7.68. The van der Waals surface area contributed by atoms with Crippen molar-refractivity contribution in [3.63, 3.8) is 0 Å². The van der Waals surface area contributed by atoms with Gasteiger partial charge in [-0.3, -0.25) is 4.79 Å². The second kappa shape index (κ2) is 4.94. The molecule has 0 fully saturated rings. The minimum absolute atomic E-state index is 0.00343. The summed E-state index contributed by atoms with van der Waals surface area (Å²) in [6, 6.07) is 0. The largest absolute Gasteiger partial charge is 0.463 e. The molecular weight excluding hydrogens is 140 g/mol. The van der Waals surface area contributed by atoms with E-state index < -0.39 is 0 Å². The van der Waals surface area contributed by atoms with Crippen molar-refractivity contribution in [2.45, 2.75) is 40.2 Å². The Hall–Kier alpha value is -0.790. The zero-order chi connectivity index (χ0) is 8.85. The molecule has 0 aliphatic heterocycles. The van der Waals surface area contributed by atoms with Crippen LogP contribution in [0.4, 0.5) is 0 Å². The topological polar surface area (TPSA) is 26.3 Å². The number of carbonyl (C=O) groups is 1. The van der Waals surface area contributed by atoms with Crippen molar-refractivity contribution in [1.29, 1.82) is 0 Å². The fourth-order valence-corrected chi connectivity index (χ4v) is 0.896. The number of hydrogen-bond donors (Lipinski definition) is 0. The molecule has 0 bridgehead atoms. The van der Waals surface area contributed by atoms with Crippen molar-refractivity contribution in [2.24, 2.45) is 0 Å². The van der Waals surface area contributed by atoms with Gasteiger partial charge in [0.2, 0.25) is 0 Å². The van der Waals surface area contributed by atoms with Crippen LogP contribution < -0.4 is 0 Å². The molecule has 2 nitrogen and oxygen atoms in total. The average molecular weight is 156 g/mol. The highest BCUT2D eigenvalue weighted by atomic mass is 16.5. The van der Waals surface area contributed by atoms with Gasteiger partial charge >= 0.3 is 5.97 Å². The molecule has 64 valence electrons. The Balaban J connectivity index is 3.69. The highest BCUT2D eigenvalue weighted by Gasteiger charge is 2.04. The molecule has 0 spiro atoms. The van der Waals surface area contributed by atoms with Crippen molar-refractivity contribution >= 4 is 5.97 Å². The van der Waals surface area contributed by atoms with Gasteiger partial charge in [0.1, 0.15) is 6.10 Å². The summed E-state index contributed by atoms with van der Waals surface area (Å²) in [4.78, 5) is 10.5. The summed E-state index contributed by atoms with van der Waals surface area (Å²) in [5.41, 5.74) is 1.25. The predicted molar refractivity (Wildman–Crippen MR) is 45.3 cm³/mol. The van der Waals surface area contributed by atoms with Gasteiger partial charge < -0.3 is 4.74 Å². The van der Waals surface area contributed by atoms with Crippen molar-refractivity contribution in [3.05, 3.63) is 11.6 Å². The van der Waals surface area contributed by atoms with Gasteiger partial charge in [0.15, 0.2) is 0 Å². The SMILES string of the molecule is C/C=C(\C)CC(C)OC(C)=O. The number of hydrogen-bond acceptors (Lipinski definition) is 2. The standard InChI is InChI=1S/C9H16O2/c1-5-7(2)6-8(3)11-9(4)10/h5,8H,6H2,1-4H3/b7-5+. The molecule has 0 rings (SSSR count). The first-order valence-electron chi connectivity index (χ1n) is 3.85. The van der Waals surface area contributed by atoms with Crippen LogP contribution in [-0.4, -0.2) is 12.1 Å². The van der Waals surface area contributed by atoms with E-state index in [1.54, 1.807) is 0 Å². The average Bonchev–Trinajstić information content (AvgIpc) is 1.85. The van der Waals surface area contributed by atoms with Gasteiger partial charge in [0, 0.05) is 13.3 Å². The van der Waals surface area contributed by atoms with Crippen molar-refractivity contribution in [1.82, 2.24) is 0 Å². The lowest BCUT2D eigenvalue weighted by atomic mass is 10.1. The maximum atomic E-state index is 10.5. The molecule has 2 heteroatoms. The minimum Gasteiger partial charge on any atom is -0.463 e. The highest BCUT2D eigenvalue weighted by molar-refractivity contribution is 5.66. The first kappa shape index (κ1) is 10.2. The molecule has 0 aliphatic carbocycles. The van der Waals surface area contributed by atoms with E-state index in [1.165, 1.54) is 12.5 Å². The van der Waals surface area contributed by atoms with Gasteiger partial charge in [-0.25, -0.2) is 0 Å². The molecule has 0 aromatic rings. The van der Waals surface area contributed by atoms with Gasteiger partial charge in [0.25, 0.3) is 0 Å². The predicted octanol–water partition coefficient (Wildman–Crippen LogP) is 2.29. The van der Waals surface area contributed by atoms with Crippen LogP contribution in [0.25, 0.3) is 0 Å². The Morgan fingerprint density at radius 2 is 2.09 bits per heavy atom. The smallest absolute Gasteiger partial charge is 0.302 e. The van der Waals surface area contributed by atoms with Crippen LogP contribution in [0.15, 0.2) is 11.6 Å². The van der Waals surface area contributed by atoms with E-state index in [2.05, 4.69) is 0 Å². The lowest BCUT2D eigenvalue weighted by molar-refractivity contribution is -0.145. The van der Waals surface area contributed by atoms with Gasteiger partial charge in [-0.2, -0.15) is 0 Å². The summed E-state index contributed by atoms with van der Waals surface area (Å²) in [7, 11) is 0. The molecule has 0 amide bonds. The van der Waals surface area contributed by atoms with E-state index in [4.69, 9.17) is 4.74 Å². The van der Waals surface area contributed by atoms with Crippen LogP contribution in [0.1, 0.15) is 34.1 Å². The quantitative estimate of drug-likeness (QED) is 0.463. The maximum absolute atomic E-state index is 10.5. The van der Waals surface area contributed by atoms with E-state index in [0.717, 1.165) is 6.42 Å². The molecule has 1 atom stereocenters. The Morgan fingerprint density at radius 1 is 1.55 bits per heavy atom. The summed E-state index contributed by atoms with van der Waals surface area (Å²) < 4.78 is 4.94. The third-order valence-corrected chi connectivity index (χ3v) is 1.47. The van der Waals surface area contributed by atoms with Crippen molar-refractivity contribution in [3.8, 4) is 0 Å². The Kier molecular flexibility index (Phi) is 4.59. The summed E-state index contributed by atoms with van der Waals surface area (Å²) in [6.45, 7) is 7.34. The third-order valence-electron chi connectivity index (χ3n) is 1.47. The molecule has 0 saturated carbocycles. The normalized spacial score (nSPS) is 14.4. The zero-order valence-electron chi connectivity index (χ0n) is 7.68. The van der Waals surface area contributed by atoms with Crippen molar-refractivity contribution in [2.75, 3.05) is 0 Å². The number of esters is 1. The molecule has 11 heavy (non-hydrogen) atoms. The van der Waals surface area contributed by atoms with Crippen LogP contribution >= 0.6 is 0 Å². The molecule has 0 N–H and O–H groups in total. The van der Waals surface area contributed by atoms with E-state index in [9.17, 15) is 4.79 Å². The second-order valence-electron chi connectivity index (χ2n) is 2.76. The van der Waals surface area contributed by atoms with Crippen LogP contribution in [0.5, 0.6) is 0 Å². The molecule has 0 radical (unpaired) electrons. The fraction of sp³-hybridized carbons (Fsp3) is 0.667. The first-order chi connectivity index (χ1) is 5.06. The molecule has 0 aromatic heterocycles. The summed E-state index contributed by atoms with van der Waals surface area (Å²) in [6.07, 6.45) is 2.86. The number of allylic oxidation sites excluding steroid dienone is 1. The summed E-state index contributed by atoms with van der Waals surface area (Å²) in [5, 5.41) is 0. The van der Waals surface area contributed by atoms with Crippen LogP contribution in [0, 0.1) is 0 Å². The van der Waals surface area contributed by atoms with E-state index in [1.807, 2.05) is 26.8 Å². The van der Waals surface area contributed by atoms with Crippen molar-refractivity contribution < 1.29 is 9.53 Å². The van der Waals surface area contributed by atoms with E-state index >= 15 is 0 Å². The molecular formula is C9H16O2. The summed E-state index contributed by atoms with van der Waals surface area (Å²) in [5.74, 6) is -0.207. The molecule has 0 heterocycles. The van der Waals surface area contributed by atoms with Gasteiger partial charge in [-0.05, 0) is 20.8 Å². The molecule has 1 unspecified atom stereocenters.